The average molecular weight is 591 g/mol. The molecule has 2 heterocycles. The van der Waals surface area contributed by atoms with Gasteiger partial charge in [0.2, 0.25) is 12.7 Å². The first-order chi connectivity index (χ1) is 19.7. The van der Waals surface area contributed by atoms with Crippen LogP contribution in [0.3, 0.4) is 0 Å². The molecule has 1 unspecified atom stereocenters. The van der Waals surface area contributed by atoms with Crippen molar-refractivity contribution in [3.8, 4) is 18.1 Å². The molecule has 0 aliphatic rings. The Balaban J connectivity index is 1.62. The maximum atomic E-state index is 14.1. The van der Waals surface area contributed by atoms with Crippen molar-refractivity contribution < 1.29 is 41.7 Å². The molecule has 1 atom stereocenters. The molecular formula is C25H27FN5O9P. The molecule has 2 aromatic heterocycles. The molecule has 0 bridgehead atoms. The lowest BCUT2D eigenvalue weighted by Crippen LogP contribution is -2.14. The fourth-order valence-corrected chi connectivity index (χ4v) is 4.29. The summed E-state index contributed by atoms with van der Waals surface area (Å²) in [6.07, 6.45) is 8.92. The van der Waals surface area contributed by atoms with Crippen molar-refractivity contribution >= 4 is 30.9 Å². The highest BCUT2D eigenvalue weighted by Crippen LogP contribution is 2.49. The number of aromatic nitrogens is 4. The highest BCUT2D eigenvalue weighted by Gasteiger charge is 2.27. The average Bonchev–Trinajstić information content (AvgIpc) is 3.35. The largest absolute Gasteiger partial charge is 0.515 e. The van der Waals surface area contributed by atoms with E-state index in [1.54, 1.807) is 6.92 Å². The monoisotopic (exact) mass is 591 g/mol. The Labute approximate surface area is 233 Å². The molecule has 3 rings (SSSR count). The molecule has 3 N–H and O–H groups in total. The SMILES string of the molecule is C#C/C=C\C(=C/C)OC(=O)OCOP(=O)(COCCn1cnc2c(=O)[nH]c(N)nc21)OCc1ccc(OC)c(F)c1. The summed E-state index contributed by atoms with van der Waals surface area (Å²) in [6, 6.07) is 4.03. The first kappa shape index (κ1) is 31.1. The third-order valence-electron chi connectivity index (χ3n) is 5.12. The lowest BCUT2D eigenvalue weighted by molar-refractivity contribution is 0.00605. The van der Waals surface area contributed by atoms with E-state index in [9.17, 15) is 18.5 Å². The van der Waals surface area contributed by atoms with Gasteiger partial charge in [-0.1, -0.05) is 12.0 Å². The maximum absolute atomic E-state index is 14.1. The molecule has 0 fully saturated rings. The zero-order chi connectivity index (χ0) is 29.8. The number of allylic oxidation sites excluding steroid dienone is 3. The number of aromatic amines is 1. The minimum absolute atomic E-state index is 0.0197. The second kappa shape index (κ2) is 14.8. The number of carbonyl (C=O) groups excluding carboxylic acids is 1. The van der Waals surface area contributed by atoms with Gasteiger partial charge >= 0.3 is 13.8 Å². The number of nitrogens with two attached hydrogens (primary N) is 1. The van der Waals surface area contributed by atoms with Crippen molar-refractivity contribution in [1.29, 1.82) is 0 Å². The number of hydrogen-bond donors (Lipinski definition) is 2. The molecule has 0 spiro atoms. The van der Waals surface area contributed by atoms with Gasteiger partial charge in [0.25, 0.3) is 5.56 Å². The number of halogens is 1. The van der Waals surface area contributed by atoms with Gasteiger partial charge in [0.15, 0.2) is 22.7 Å². The minimum Gasteiger partial charge on any atom is -0.494 e. The number of rotatable bonds is 14. The van der Waals surface area contributed by atoms with Crippen molar-refractivity contribution in [2.45, 2.75) is 20.1 Å². The number of terminal acetylenes is 1. The Kier molecular flexibility index (Phi) is 11.2. The molecule has 0 saturated heterocycles. The van der Waals surface area contributed by atoms with Gasteiger partial charge in [-0.25, -0.2) is 14.2 Å². The van der Waals surface area contributed by atoms with E-state index in [2.05, 4.69) is 20.9 Å². The second-order valence-corrected chi connectivity index (χ2v) is 9.88. The molecule has 41 heavy (non-hydrogen) atoms. The van der Waals surface area contributed by atoms with E-state index in [1.165, 1.54) is 48.4 Å². The van der Waals surface area contributed by atoms with Gasteiger partial charge in [-0.15, -0.1) is 6.42 Å². The smallest absolute Gasteiger partial charge is 0.494 e. The summed E-state index contributed by atoms with van der Waals surface area (Å²) < 4.78 is 59.8. The second-order valence-electron chi connectivity index (χ2n) is 7.89. The lowest BCUT2D eigenvalue weighted by atomic mass is 10.2. The summed E-state index contributed by atoms with van der Waals surface area (Å²) in [6.45, 7) is 0.574. The van der Waals surface area contributed by atoms with Gasteiger partial charge in [0, 0.05) is 6.54 Å². The predicted molar refractivity (Wildman–Crippen MR) is 144 cm³/mol. The Morgan fingerprint density at radius 2 is 2.15 bits per heavy atom. The highest BCUT2D eigenvalue weighted by atomic mass is 31.2. The van der Waals surface area contributed by atoms with Crippen LogP contribution in [-0.4, -0.2) is 52.5 Å². The number of anilines is 1. The summed E-state index contributed by atoms with van der Waals surface area (Å²) >= 11 is 0. The molecular weight excluding hydrogens is 564 g/mol. The fraction of sp³-hybridized carbons (Fsp3) is 0.280. The van der Waals surface area contributed by atoms with Gasteiger partial charge in [0.1, 0.15) is 12.1 Å². The molecule has 0 saturated carbocycles. The van der Waals surface area contributed by atoms with Crippen molar-refractivity contribution in [1.82, 2.24) is 19.5 Å². The molecule has 218 valence electrons. The van der Waals surface area contributed by atoms with E-state index in [-0.39, 0.29) is 48.4 Å². The van der Waals surface area contributed by atoms with Gasteiger partial charge < -0.3 is 33.8 Å². The zero-order valence-corrected chi connectivity index (χ0v) is 23.0. The van der Waals surface area contributed by atoms with Crippen LogP contribution in [0.4, 0.5) is 15.1 Å². The summed E-state index contributed by atoms with van der Waals surface area (Å²) in [5.41, 5.74) is 5.74. The van der Waals surface area contributed by atoms with Crippen molar-refractivity contribution in [3.05, 3.63) is 70.2 Å². The number of ether oxygens (including phenoxy) is 4. The van der Waals surface area contributed by atoms with Crippen LogP contribution < -0.4 is 16.0 Å². The number of hydrogen-bond acceptors (Lipinski definition) is 12. The van der Waals surface area contributed by atoms with Gasteiger partial charge in [-0.05, 0) is 42.8 Å². The number of H-pyrrole nitrogens is 1. The number of carbonyl (C=O) groups is 1. The summed E-state index contributed by atoms with van der Waals surface area (Å²) in [5.74, 6) is 1.65. The predicted octanol–water partition coefficient (Wildman–Crippen LogP) is 3.45. The quantitative estimate of drug-likeness (QED) is 0.0531. The number of nitrogen functional groups attached to an aromatic ring is 1. The van der Waals surface area contributed by atoms with E-state index < -0.39 is 38.3 Å². The highest BCUT2D eigenvalue weighted by molar-refractivity contribution is 7.53. The van der Waals surface area contributed by atoms with E-state index in [1.807, 2.05) is 0 Å². The van der Waals surface area contributed by atoms with E-state index in [0.717, 1.165) is 6.07 Å². The lowest BCUT2D eigenvalue weighted by Gasteiger charge is -2.19. The Hall–Kier alpha value is -4.48. The molecule has 0 aliphatic carbocycles. The standard InChI is InChI=1S/C25H27FN5O9P/c1-4-6-7-18(5-2)40-25(33)37-15-39-41(34,38-13-17-8-9-20(35-3)19(26)12-17)16-36-11-10-31-14-28-21-22(31)29-24(27)30-23(21)32/h1,5-9,12,14H,10-11,13,15-16H2,2-3H3,(H3,27,29,30,32)/b7-6-,18-5+. The molecule has 0 amide bonds. The normalized spacial score (nSPS) is 13.2. The fourth-order valence-electron chi connectivity index (χ4n) is 3.16. The minimum atomic E-state index is -4.08. The molecule has 1 aromatic carbocycles. The van der Waals surface area contributed by atoms with Crippen LogP contribution in [0.5, 0.6) is 5.75 Å². The molecule has 0 radical (unpaired) electrons. The van der Waals surface area contributed by atoms with Crippen molar-refractivity contribution in [2.24, 2.45) is 0 Å². The topological polar surface area (TPSA) is 179 Å². The number of methoxy groups -OCH3 is 1. The molecule has 3 aromatic rings. The number of fused-ring (bicyclic) bond motifs is 1. The van der Waals surface area contributed by atoms with Crippen LogP contribution >= 0.6 is 7.60 Å². The number of imidazole rings is 1. The van der Waals surface area contributed by atoms with Gasteiger partial charge in [-0.3, -0.25) is 18.9 Å². The summed E-state index contributed by atoms with van der Waals surface area (Å²) in [5, 5.41) is 0. The third-order valence-corrected chi connectivity index (χ3v) is 6.64. The Bertz CT molecular complexity index is 1580. The van der Waals surface area contributed by atoms with E-state index in [0.29, 0.717) is 5.56 Å². The summed E-state index contributed by atoms with van der Waals surface area (Å²) in [7, 11) is -2.76. The van der Waals surface area contributed by atoms with Crippen LogP contribution in [0.25, 0.3) is 11.2 Å². The van der Waals surface area contributed by atoms with Crippen LogP contribution in [0, 0.1) is 18.2 Å². The van der Waals surface area contributed by atoms with Crippen LogP contribution in [0.2, 0.25) is 0 Å². The van der Waals surface area contributed by atoms with Gasteiger partial charge in [0.05, 0.1) is 26.7 Å². The van der Waals surface area contributed by atoms with Crippen LogP contribution in [0.1, 0.15) is 12.5 Å². The summed E-state index contributed by atoms with van der Waals surface area (Å²) in [4.78, 5) is 34.3. The maximum Gasteiger partial charge on any atom is 0.515 e. The van der Waals surface area contributed by atoms with E-state index >= 15 is 0 Å². The first-order valence-electron chi connectivity index (χ1n) is 11.8. The Morgan fingerprint density at radius 3 is 2.85 bits per heavy atom. The molecule has 0 aliphatic heterocycles. The van der Waals surface area contributed by atoms with Crippen LogP contribution in [0.15, 0.2) is 53.3 Å². The number of benzene rings is 1. The number of nitrogens with zero attached hydrogens (tertiary/aromatic N) is 3. The van der Waals surface area contributed by atoms with E-state index in [4.69, 9.17) is 40.2 Å². The van der Waals surface area contributed by atoms with Gasteiger partial charge in [-0.2, -0.15) is 4.98 Å². The molecule has 14 nitrogen and oxygen atoms in total. The third kappa shape index (κ3) is 9.02. The zero-order valence-electron chi connectivity index (χ0n) is 22.1. The van der Waals surface area contributed by atoms with Crippen molar-refractivity contribution in [2.75, 3.05) is 32.6 Å². The Morgan fingerprint density at radius 1 is 1.34 bits per heavy atom. The first-order valence-corrected chi connectivity index (χ1v) is 13.5. The molecule has 16 heteroatoms. The number of nitrogens with one attached hydrogen (secondary N) is 1. The van der Waals surface area contributed by atoms with Crippen molar-refractivity contribution in [3.63, 3.8) is 0 Å². The van der Waals surface area contributed by atoms with Crippen LogP contribution in [-0.2, 0) is 41.0 Å².